The molecule has 0 aliphatic heterocycles. The summed E-state index contributed by atoms with van der Waals surface area (Å²) in [6.07, 6.45) is 4.31. The van der Waals surface area contributed by atoms with Crippen LogP contribution in [0.5, 0.6) is 0 Å². The van der Waals surface area contributed by atoms with Gasteiger partial charge in [0.05, 0.1) is 0 Å². The molecule has 0 aliphatic carbocycles. The van der Waals surface area contributed by atoms with E-state index in [0.29, 0.717) is 0 Å². The molecule has 0 aromatic heterocycles. The van der Waals surface area contributed by atoms with Gasteiger partial charge in [0, 0.05) is 0 Å². The fourth-order valence-electron chi connectivity index (χ4n) is 0.204. The van der Waals surface area contributed by atoms with E-state index in [-0.39, 0.29) is 0 Å². The third-order valence-electron chi connectivity index (χ3n) is 0.493. The third kappa shape index (κ3) is 641. The first-order chi connectivity index (χ1) is 6.15. The van der Waals surface area contributed by atoms with E-state index in [9.17, 15) is 0 Å². The van der Waals surface area contributed by atoms with Crippen LogP contribution in [0.3, 0.4) is 0 Å². The monoisotopic (exact) mass is 184 g/mol. The van der Waals surface area contributed by atoms with Crippen molar-refractivity contribution < 1.29 is 0 Å². The zero-order valence-electron chi connectivity index (χ0n) is 10.3. The highest BCUT2D eigenvalue weighted by molar-refractivity contribution is 4.78. The number of allylic oxidation sites excluding steroid dienone is 2. The van der Waals surface area contributed by atoms with Gasteiger partial charge in [-0.15, -0.1) is 26.3 Å². The maximum absolute atomic E-state index is 3.56. The van der Waals surface area contributed by atoms with Crippen molar-refractivity contribution >= 4 is 0 Å². The molecule has 0 N–H and O–H groups in total. The third-order valence-corrected chi connectivity index (χ3v) is 0.493. The van der Waals surface area contributed by atoms with E-state index >= 15 is 0 Å². The number of unbranched alkanes of at least 4 members (excludes halogenated alkanes) is 1. The van der Waals surface area contributed by atoms with Crippen molar-refractivity contribution in [3.8, 4) is 0 Å². The highest BCUT2D eigenvalue weighted by Gasteiger charge is 1.61. The van der Waals surface area contributed by atoms with Gasteiger partial charge in [-0.3, -0.25) is 0 Å². The summed E-state index contributed by atoms with van der Waals surface area (Å²) in [6.45, 7) is 23.2. The second-order valence-electron chi connectivity index (χ2n) is 2.28. The van der Waals surface area contributed by atoms with Crippen LogP contribution in [0.25, 0.3) is 0 Å². The summed E-state index contributed by atoms with van der Waals surface area (Å²) in [5.74, 6) is 0. The van der Waals surface area contributed by atoms with Gasteiger partial charge in [0.2, 0.25) is 0 Å². The lowest BCUT2D eigenvalue weighted by atomic mass is 10.3. The smallest absolute Gasteiger partial charge is 0.0356 e. The zero-order valence-corrected chi connectivity index (χ0v) is 10.3. The molecule has 80 valence electrons. The van der Waals surface area contributed by atoms with Crippen molar-refractivity contribution in [1.29, 1.82) is 0 Å². The fraction of sp³-hybridized carbons (Fsp3) is 0.538. The van der Waals surface area contributed by atoms with Gasteiger partial charge in [-0.1, -0.05) is 38.8 Å². The lowest BCUT2D eigenvalue weighted by Gasteiger charge is -1.72. The van der Waals surface area contributed by atoms with Gasteiger partial charge in [-0.25, -0.2) is 0 Å². The Kier molecular flexibility index (Phi) is 75.3. The Morgan fingerprint density at radius 3 is 1.38 bits per heavy atom. The number of rotatable bonds is 2. The standard InChI is InChI=1S/C5H10.C4H8.C2H6.C2H4/c1-3-5-4-2;1-4(2)3;2*1-2/h3H,1,4-5H2,2H3;1H2,2-3H3;1-2H3;1-2H2. The van der Waals surface area contributed by atoms with E-state index < -0.39 is 0 Å². The molecule has 0 spiro atoms. The molecule has 0 aromatic rings. The molecule has 0 aromatic carbocycles. The van der Waals surface area contributed by atoms with Gasteiger partial charge in [0.25, 0.3) is 0 Å². The average Bonchev–Trinajstić information content (AvgIpc) is 2.12. The Bertz CT molecular complexity index is 76.0. The van der Waals surface area contributed by atoms with Gasteiger partial charge >= 0.3 is 0 Å². The zero-order chi connectivity index (χ0) is 11.7. The summed E-state index contributed by atoms with van der Waals surface area (Å²) in [4.78, 5) is 0. The molecular weight excluding hydrogens is 156 g/mol. The normalized spacial score (nSPS) is 5.62. The molecule has 0 aliphatic rings. The molecule has 0 bridgehead atoms. The first-order valence-electron chi connectivity index (χ1n) is 4.88. The van der Waals surface area contributed by atoms with E-state index in [2.05, 4.69) is 33.2 Å². The van der Waals surface area contributed by atoms with Crippen LogP contribution in [0.15, 0.2) is 38.0 Å². The summed E-state index contributed by atoms with van der Waals surface area (Å²) in [5, 5.41) is 0. The predicted octanol–water partition coefficient (Wildman–Crippen LogP) is 5.38. The van der Waals surface area contributed by atoms with Gasteiger partial charge in [0.1, 0.15) is 0 Å². The largest absolute Gasteiger partial charge is 0.106 e. The van der Waals surface area contributed by atoms with E-state index in [4.69, 9.17) is 0 Å². The quantitative estimate of drug-likeness (QED) is 0.505. The number of hydrogen-bond acceptors (Lipinski definition) is 0. The molecule has 0 atom stereocenters. The van der Waals surface area contributed by atoms with Gasteiger partial charge in [0.15, 0.2) is 0 Å². The second kappa shape index (κ2) is 43.0. The Morgan fingerprint density at radius 1 is 1.15 bits per heavy atom. The molecule has 0 nitrogen and oxygen atoms in total. The van der Waals surface area contributed by atoms with Crippen molar-refractivity contribution in [2.45, 2.75) is 47.5 Å². The van der Waals surface area contributed by atoms with E-state index in [1.165, 1.54) is 12.0 Å². The predicted molar refractivity (Wildman–Crippen MR) is 68.2 cm³/mol. The highest BCUT2D eigenvalue weighted by atomic mass is 13.7. The van der Waals surface area contributed by atoms with Gasteiger partial charge in [-0.2, -0.15) is 0 Å². The molecule has 0 amide bonds. The summed E-state index contributed by atoms with van der Waals surface area (Å²) in [5.41, 5.74) is 1.17. The summed E-state index contributed by atoms with van der Waals surface area (Å²) < 4.78 is 0. The molecule has 0 saturated heterocycles. The second-order valence-corrected chi connectivity index (χ2v) is 2.28. The van der Waals surface area contributed by atoms with Crippen molar-refractivity contribution in [1.82, 2.24) is 0 Å². The van der Waals surface area contributed by atoms with E-state index in [0.717, 1.165) is 6.42 Å². The van der Waals surface area contributed by atoms with Crippen molar-refractivity contribution in [3.63, 3.8) is 0 Å². The summed E-state index contributed by atoms with van der Waals surface area (Å²) in [7, 11) is 0. The first kappa shape index (κ1) is 22.8. The molecule has 0 fully saturated rings. The summed E-state index contributed by atoms with van der Waals surface area (Å²) in [6, 6.07) is 0. The van der Waals surface area contributed by atoms with Gasteiger partial charge < -0.3 is 0 Å². The van der Waals surface area contributed by atoms with Crippen molar-refractivity contribution in [2.75, 3.05) is 0 Å². The topological polar surface area (TPSA) is 0 Å². The maximum Gasteiger partial charge on any atom is -0.0356 e. The lowest BCUT2D eigenvalue weighted by Crippen LogP contribution is -1.52. The van der Waals surface area contributed by atoms with Crippen LogP contribution in [0, 0.1) is 0 Å². The summed E-state index contributed by atoms with van der Waals surface area (Å²) >= 11 is 0. The molecule has 0 rings (SSSR count). The molecule has 0 saturated carbocycles. The molecular formula is C13H28. The van der Waals surface area contributed by atoms with Crippen LogP contribution in [0.1, 0.15) is 47.5 Å². The molecule has 0 radical (unpaired) electrons. The van der Waals surface area contributed by atoms with Crippen LogP contribution in [-0.2, 0) is 0 Å². The van der Waals surface area contributed by atoms with Crippen LogP contribution in [0.2, 0.25) is 0 Å². The maximum atomic E-state index is 3.56. The Labute approximate surface area is 86.1 Å². The van der Waals surface area contributed by atoms with Crippen LogP contribution in [-0.4, -0.2) is 0 Å². The Balaban J connectivity index is -0.0000000457. The molecule has 0 unspecified atom stereocenters. The van der Waals surface area contributed by atoms with Crippen molar-refractivity contribution in [2.24, 2.45) is 0 Å². The fourth-order valence-corrected chi connectivity index (χ4v) is 0.204. The molecule has 13 heavy (non-hydrogen) atoms. The van der Waals surface area contributed by atoms with Crippen LogP contribution >= 0.6 is 0 Å². The van der Waals surface area contributed by atoms with E-state index in [1.807, 2.05) is 33.8 Å². The first-order valence-corrected chi connectivity index (χ1v) is 4.88. The van der Waals surface area contributed by atoms with Crippen LogP contribution < -0.4 is 0 Å². The Morgan fingerprint density at radius 2 is 1.38 bits per heavy atom. The minimum Gasteiger partial charge on any atom is -0.106 e. The molecule has 0 heteroatoms. The molecule has 0 heterocycles. The SMILES string of the molecule is C=C.C=C(C)C.C=CCCC.CC. The minimum atomic E-state index is 1.15. The number of hydrogen-bond donors (Lipinski definition) is 0. The lowest BCUT2D eigenvalue weighted by molar-refractivity contribution is 0.961. The Hall–Kier alpha value is -0.780. The average molecular weight is 184 g/mol. The van der Waals surface area contributed by atoms with Crippen LogP contribution in [0.4, 0.5) is 0 Å². The van der Waals surface area contributed by atoms with E-state index in [1.54, 1.807) is 0 Å². The minimum absolute atomic E-state index is 1.15. The van der Waals surface area contributed by atoms with Crippen molar-refractivity contribution in [3.05, 3.63) is 38.0 Å². The highest BCUT2D eigenvalue weighted by Crippen LogP contribution is 1.82. The van der Waals surface area contributed by atoms with Gasteiger partial charge in [-0.05, 0) is 20.3 Å².